The van der Waals surface area contributed by atoms with Gasteiger partial charge in [0.05, 0.1) is 0 Å². The fourth-order valence-corrected chi connectivity index (χ4v) is 4.56. The summed E-state index contributed by atoms with van der Waals surface area (Å²) in [6.45, 7) is 4.94. The van der Waals surface area contributed by atoms with Gasteiger partial charge in [0.2, 0.25) is 0 Å². The second-order valence-electron chi connectivity index (χ2n) is 4.90. The van der Waals surface area contributed by atoms with Gasteiger partial charge in [-0.1, -0.05) is 13.8 Å². The highest BCUT2D eigenvalue weighted by Gasteiger charge is 2.72. The molecule has 3 rings (SSSR count). The van der Waals surface area contributed by atoms with Crippen LogP contribution < -0.4 is 0 Å². The summed E-state index contributed by atoms with van der Waals surface area (Å²) in [6.07, 6.45) is 4.70. The molecule has 3 aliphatic carbocycles. The maximum Gasteiger partial charge on any atom is -0.0189 e. The van der Waals surface area contributed by atoms with E-state index in [1.165, 1.54) is 11.8 Å². The van der Waals surface area contributed by atoms with Gasteiger partial charge in [-0.15, -0.1) is 0 Å². The van der Waals surface area contributed by atoms with Gasteiger partial charge in [-0.3, -0.25) is 0 Å². The molecule has 0 aromatic carbocycles. The topological polar surface area (TPSA) is 0 Å². The van der Waals surface area contributed by atoms with E-state index in [1.54, 1.807) is 19.3 Å². The summed E-state index contributed by atoms with van der Waals surface area (Å²) in [5.74, 6) is 4.52. The van der Waals surface area contributed by atoms with Gasteiger partial charge in [-0.05, 0) is 48.3 Å². The van der Waals surface area contributed by atoms with E-state index in [0.717, 1.165) is 17.3 Å². The van der Waals surface area contributed by atoms with Crippen molar-refractivity contribution in [2.45, 2.75) is 33.1 Å². The Bertz CT molecular complexity index is 143. The van der Waals surface area contributed by atoms with Gasteiger partial charge in [0, 0.05) is 0 Å². The van der Waals surface area contributed by atoms with E-state index in [1.807, 2.05) is 0 Å². The molecule has 3 fully saturated rings. The van der Waals surface area contributed by atoms with E-state index in [0.29, 0.717) is 0 Å². The fraction of sp³-hybridized carbons (Fsp3) is 1.00. The van der Waals surface area contributed by atoms with Gasteiger partial charge < -0.3 is 0 Å². The summed E-state index contributed by atoms with van der Waals surface area (Å²) >= 11 is 0. The quantitative estimate of drug-likeness (QED) is 0.480. The Labute approximate surface area is 63.0 Å². The second-order valence-corrected chi connectivity index (χ2v) is 4.90. The minimum absolute atomic E-state index is 0.917. The van der Waals surface area contributed by atoms with Crippen molar-refractivity contribution in [1.82, 2.24) is 0 Å². The number of hydrogen-bond acceptors (Lipinski definition) is 0. The van der Waals surface area contributed by atoms with Crippen molar-refractivity contribution >= 4 is 0 Å². The van der Waals surface area contributed by atoms with Crippen LogP contribution in [-0.4, -0.2) is 0 Å². The summed E-state index contributed by atoms with van der Waals surface area (Å²) in [4.78, 5) is 0. The third kappa shape index (κ3) is 0.302. The van der Waals surface area contributed by atoms with Crippen LogP contribution in [0.1, 0.15) is 33.1 Å². The van der Waals surface area contributed by atoms with Crippen molar-refractivity contribution in [1.29, 1.82) is 0 Å². The molecule has 0 nitrogen and oxygen atoms in total. The zero-order valence-electron chi connectivity index (χ0n) is 6.93. The first-order valence-electron chi connectivity index (χ1n) is 4.76. The first-order valence-corrected chi connectivity index (χ1v) is 4.76. The summed E-state index contributed by atoms with van der Waals surface area (Å²) in [5.41, 5.74) is 0.917. The van der Waals surface area contributed by atoms with Crippen LogP contribution in [0, 0.1) is 29.1 Å². The number of rotatable bonds is 0. The van der Waals surface area contributed by atoms with E-state index in [4.69, 9.17) is 0 Å². The molecule has 0 N–H and O–H groups in total. The average molecular weight is 136 g/mol. The lowest BCUT2D eigenvalue weighted by Crippen LogP contribution is -2.71. The Morgan fingerprint density at radius 3 is 1.60 bits per heavy atom. The van der Waals surface area contributed by atoms with Gasteiger partial charge in [-0.25, -0.2) is 0 Å². The summed E-state index contributed by atoms with van der Waals surface area (Å²) in [6, 6.07) is 0. The predicted octanol–water partition coefficient (Wildman–Crippen LogP) is 2.69. The Morgan fingerprint density at radius 1 is 0.900 bits per heavy atom. The second kappa shape index (κ2) is 1.31. The molecule has 1 spiro atoms. The van der Waals surface area contributed by atoms with Crippen LogP contribution in [0.3, 0.4) is 0 Å². The molecule has 0 aromatic heterocycles. The third-order valence-electron chi connectivity index (χ3n) is 4.97. The largest absolute Gasteiger partial charge is 0.0619 e. The zero-order chi connectivity index (χ0) is 6.93. The van der Waals surface area contributed by atoms with Gasteiger partial charge in [0.1, 0.15) is 0 Å². The Hall–Kier alpha value is 0. The summed E-state index contributed by atoms with van der Waals surface area (Å²) in [7, 11) is 0. The molecule has 4 unspecified atom stereocenters. The first kappa shape index (κ1) is 5.62. The highest BCUT2D eigenvalue weighted by molar-refractivity contribution is 5.20. The Kier molecular flexibility index (Phi) is 0.735. The van der Waals surface area contributed by atoms with Gasteiger partial charge >= 0.3 is 0 Å². The highest BCUT2D eigenvalue weighted by Crippen LogP contribution is 2.79. The van der Waals surface area contributed by atoms with Crippen LogP contribution in [0.15, 0.2) is 0 Å². The Balaban J connectivity index is 1.94. The number of hydrogen-bond donors (Lipinski definition) is 0. The third-order valence-corrected chi connectivity index (χ3v) is 4.97. The van der Waals surface area contributed by atoms with Crippen molar-refractivity contribution in [2.75, 3.05) is 0 Å². The molecule has 0 saturated heterocycles. The smallest absolute Gasteiger partial charge is 0.0189 e. The van der Waals surface area contributed by atoms with Crippen molar-refractivity contribution in [3.63, 3.8) is 0 Å². The van der Waals surface area contributed by atoms with Crippen LogP contribution in [0.25, 0.3) is 0 Å². The van der Waals surface area contributed by atoms with Crippen molar-refractivity contribution in [3.05, 3.63) is 0 Å². The minimum atomic E-state index is 0.917. The zero-order valence-corrected chi connectivity index (χ0v) is 6.93. The van der Waals surface area contributed by atoms with E-state index in [-0.39, 0.29) is 0 Å². The van der Waals surface area contributed by atoms with E-state index >= 15 is 0 Å². The summed E-state index contributed by atoms with van der Waals surface area (Å²) in [5, 5.41) is 0. The molecule has 0 amide bonds. The molecule has 0 radical (unpaired) electrons. The van der Waals surface area contributed by atoms with Crippen molar-refractivity contribution in [3.8, 4) is 0 Å². The van der Waals surface area contributed by atoms with E-state index in [9.17, 15) is 0 Å². The maximum atomic E-state index is 2.47. The normalized spacial score (nSPS) is 70.2. The molecule has 3 saturated carbocycles. The molecule has 4 atom stereocenters. The van der Waals surface area contributed by atoms with Gasteiger partial charge in [0.25, 0.3) is 0 Å². The first-order chi connectivity index (χ1) is 4.76. The molecular formula is C10H16. The fourth-order valence-electron chi connectivity index (χ4n) is 4.56. The van der Waals surface area contributed by atoms with Crippen LogP contribution in [0.5, 0.6) is 0 Å². The van der Waals surface area contributed by atoms with Crippen LogP contribution >= 0.6 is 0 Å². The lowest BCUT2D eigenvalue weighted by atomic mass is 9.27. The van der Waals surface area contributed by atoms with Gasteiger partial charge in [-0.2, -0.15) is 0 Å². The lowest BCUT2D eigenvalue weighted by molar-refractivity contribution is -0.295. The Morgan fingerprint density at radius 2 is 1.40 bits per heavy atom. The predicted molar refractivity (Wildman–Crippen MR) is 41.6 cm³/mol. The van der Waals surface area contributed by atoms with Crippen molar-refractivity contribution in [2.24, 2.45) is 29.1 Å². The van der Waals surface area contributed by atoms with E-state index in [2.05, 4.69) is 13.8 Å². The lowest BCUT2D eigenvalue weighted by Gasteiger charge is -2.78. The monoisotopic (exact) mass is 136 g/mol. The van der Waals surface area contributed by atoms with Gasteiger partial charge in [0.15, 0.2) is 0 Å². The molecule has 0 aromatic rings. The summed E-state index contributed by atoms with van der Waals surface area (Å²) < 4.78 is 0. The van der Waals surface area contributed by atoms with Crippen LogP contribution in [-0.2, 0) is 0 Å². The average Bonchev–Trinajstić information content (AvgIpc) is 1.82. The highest BCUT2D eigenvalue weighted by atomic mass is 14.8. The molecule has 0 heteroatoms. The standard InChI is InChI=1S/C10H16/c1-6-3-8-5-9-4-7(2)10(6,8)9/h6-9H,3-5H2,1-2H3. The van der Waals surface area contributed by atoms with Crippen LogP contribution in [0.4, 0.5) is 0 Å². The molecule has 0 heterocycles. The SMILES string of the molecule is CC1CC2CC3CC(C)C123. The molecule has 56 valence electrons. The molecule has 0 aliphatic heterocycles. The van der Waals surface area contributed by atoms with Crippen molar-refractivity contribution < 1.29 is 0 Å². The minimum Gasteiger partial charge on any atom is -0.0619 e. The molecule has 10 heavy (non-hydrogen) atoms. The maximum absolute atomic E-state index is 2.47. The van der Waals surface area contributed by atoms with E-state index < -0.39 is 0 Å². The molecule has 0 bridgehead atoms. The molecule has 3 aliphatic rings. The van der Waals surface area contributed by atoms with Crippen LogP contribution in [0.2, 0.25) is 0 Å². The molecular weight excluding hydrogens is 120 g/mol.